The molecule has 108 valence electrons. The number of amides is 3. The molecule has 7 heteroatoms. The lowest BCUT2D eigenvalue weighted by Crippen LogP contribution is -2.52. The molecule has 1 aromatic rings. The van der Waals surface area contributed by atoms with Crippen LogP contribution in [0.15, 0.2) is 24.3 Å². The summed E-state index contributed by atoms with van der Waals surface area (Å²) < 4.78 is 5.32. The van der Waals surface area contributed by atoms with Gasteiger partial charge >= 0.3 is 6.03 Å². The third-order valence-corrected chi connectivity index (χ3v) is 3.12. The Morgan fingerprint density at radius 3 is 2.45 bits per heavy atom. The molecule has 1 aromatic carbocycles. The fourth-order valence-corrected chi connectivity index (χ4v) is 1.99. The van der Waals surface area contributed by atoms with Gasteiger partial charge in [-0.15, -0.1) is 0 Å². The van der Waals surface area contributed by atoms with Gasteiger partial charge < -0.3 is 25.4 Å². The van der Waals surface area contributed by atoms with Crippen LogP contribution >= 0.6 is 0 Å². The molecule has 0 spiro atoms. The van der Waals surface area contributed by atoms with E-state index in [-0.39, 0.29) is 18.3 Å². The molecule has 0 radical (unpaired) electrons. The largest absolute Gasteiger partial charge is 0.508 e. The van der Waals surface area contributed by atoms with Crippen molar-refractivity contribution in [1.29, 1.82) is 0 Å². The minimum absolute atomic E-state index is 0.0880. The molecule has 0 aromatic heterocycles. The van der Waals surface area contributed by atoms with E-state index < -0.39 is 6.03 Å². The van der Waals surface area contributed by atoms with Crippen LogP contribution in [0.3, 0.4) is 0 Å². The van der Waals surface area contributed by atoms with E-state index in [1.54, 1.807) is 17.0 Å². The SMILES string of the molecule is NC(=O)N1CCN(C(=O)COc2cccc(O)c2)CC1. The van der Waals surface area contributed by atoms with Gasteiger partial charge in [-0.1, -0.05) is 6.07 Å². The first-order valence-electron chi connectivity index (χ1n) is 6.30. The summed E-state index contributed by atoms with van der Waals surface area (Å²) in [6.45, 7) is 1.68. The second-order valence-corrected chi connectivity index (χ2v) is 4.49. The normalized spacial score (nSPS) is 15.0. The first kappa shape index (κ1) is 14.0. The number of ether oxygens (including phenoxy) is 1. The first-order valence-corrected chi connectivity index (χ1v) is 6.30. The Balaban J connectivity index is 1.80. The van der Waals surface area contributed by atoms with Gasteiger partial charge in [-0.3, -0.25) is 4.79 Å². The molecule has 0 saturated carbocycles. The molecule has 0 bridgehead atoms. The molecule has 2 rings (SSSR count). The van der Waals surface area contributed by atoms with Crippen molar-refractivity contribution < 1.29 is 19.4 Å². The Bertz CT molecular complexity index is 498. The number of hydrogen-bond donors (Lipinski definition) is 2. The lowest BCUT2D eigenvalue weighted by molar-refractivity contribution is -0.134. The molecule has 0 aliphatic carbocycles. The lowest BCUT2D eigenvalue weighted by atomic mass is 10.3. The zero-order valence-corrected chi connectivity index (χ0v) is 11.0. The van der Waals surface area contributed by atoms with Crippen LogP contribution in [0, 0.1) is 0 Å². The van der Waals surface area contributed by atoms with Gasteiger partial charge in [0.25, 0.3) is 5.91 Å². The van der Waals surface area contributed by atoms with Crippen LogP contribution in [0.25, 0.3) is 0 Å². The van der Waals surface area contributed by atoms with E-state index in [0.29, 0.717) is 31.9 Å². The number of primary amides is 1. The Kier molecular flexibility index (Phi) is 4.29. The maximum Gasteiger partial charge on any atom is 0.314 e. The van der Waals surface area contributed by atoms with E-state index in [2.05, 4.69) is 0 Å². The summed E-state index contributed by atoms with van der Waals surface area (Å²) in [7, 11) is 0. The predicted octanol–water partition coefficient (Wildman–Crippen LogP) is -0.00610. The van der Waals surface area contributed by atoms with Crippen LogP contribution in [0.5, 0.6) is 11.5 Å². The third-order valence-electron chi connectivity index (χ3n) is 3.12. The van der Waals surface area contributed by atoms with Crippen LogP contribution in [0.2, 0.25) is 0 Å². The number of phenols is 1. The highest BCUT2D eigenvalue weighted by molar-refractivity contribution is 5.78. The van der Waals surface area contributed by atoms with E-state index >= 15 is 0 Å². The smallest absolute Gasteiger partial charge is 0.314 e. The van der Waals surface area contributed by atoms with Crippen molar-refractivity contribution in [2.45, 2.75) is 0 Å². The molecule has 20 heavy (non-hydrogen) atoms. The van der Waals surface area contributed by atoms with E-state index in [4.69, 9.17) is 10.5 Å². The Hall–Kier alpha value is -2.44. The van der Waals surface area contributed by atoms with Crippen LogP contribution < -0.4 is 10.5 Å². The summed E-state index contributed by atoms with van der Waals surface area (Å²) in [5.74, 6) is 0.372. The maximum absolute atomic E-state index is 11.9. The molecule has 0 unspecified atom stereocenters. The highest BCUT2D eigenvalue weighted by Crippen LogP contribution is 2.17. The van der Waals surface area contributed by atoms with Crippen molar-refractivity contribution >= 4 is 11.9 Å². The molecule has 3 amide bonds. The summed E-state index contributed by atoms with van der Waals surface area (Å²) >= 11 is 0. The van der Waals surface area contributed by atoms with Gasteiger partial charge in [-0.25, -0.2) is 4.79 Å². The molecular weight excluding hydrogens is 262 g/mol. The fraction of sp³-hybridized carbons (Fsp3) is 0.385. The topological polar surface area (TPSA) is 96.1 Å². The van der Waals surface area contributed by atoms with E-state index in [0.717, 1.165) is 0 Å². The zero-order valence-electron chi connectivity index (χ0n) is 11.0. The van der Waals surface area contributed by atoms with Gasteiger partial charge in [0.05, 0.1) is 0 Å². The summed E-state index contributed by atoms with van der Waals surface area (Å²) in [6, 6.07) is 5.81. The number of nitrogens with zero attached hydrogens (tertiary/aromatic N) is 2. The van der Waals surface area contributed by atoms with Crippen LogP contribution in [-0.4, -0.2) is 59.6 Å². The molecule has 1 aliphatic rings. The van der Waals surface area contributed by atoms with Crippen LogP contribution in [0.1, 0.15) is 0 Å². The number of hydrogen-bond acceptors (Lipinski definition) is 4. The first-order chi connectivity index (χ1) is 9.56. The predicted molar refractivity (Wildman–Crippen MR) is 71.3 cm³/mol. The highest BCUT2D eigenvalue weighted by Gasteiger charge is 2.22. The number of piperazine rings is 1. The molecule has 3 N–H and O–H groups in total. The van der Waals surface area contributed by atoms with Gasteiger partial charge in [0, 0.05) is 32.2 Å². The summed E-state index contributed by atoms with van der Waals surface area (Å²) in [5, 5.41) is 9.28. The zero-order chi connectivity index (χ0) is 14.5. The number of benzene rings is 1. The number of carbonyl (C=O) groups is 2. The highest BCUT2D eigenvalue weighted by atomic mass is 16.5. The van der Waals surface area contributed by atoms with Crippen molar-refractivity contribution in [1.82, 2.24) is 9.80 Å². The number of urea groups is 1. The van der Waals surface area contributed by atoms with Crippen molar-refractivity contribution in [3.05, 3.63) is 24.3 Å². The van der Waals surface area contributed by atoms with Gasteiger partial charge in [0.15, 0.2) is 6.61 Å². The second-order valence-electron chi connectivity index (χ2n) is 4.49. The molecule has 1 saturated heterocycles. The van der Waals surface area contributed by atoms with Crippen molar-refractivity contribution in [3.8, 4) is 11.5 Å². The van der Waals surface area contributed by atoms with Gasteiger partial charge in [0.1, 0.15) is 11.5 Å². The molecule has 1 fully saturated rings. The number of phenolic OH excluding ortho intramolecular Hbond substituents is 1. The van der Waals surface area contributed by atoms with Crippen LogP contribution in [-0.2, 0) is 4.79 Å². The number of aromatic hydroxyl groups is 1. The number of carbonyl (C=O) groups excluding carboxylic acids is 2. The Morgan fingerprint density at radius 1 is 1.20 bits per heavy atom. The molecule has 7 nitrogen and oxygen atoms in total. The quantitative estimate of drug-likeness (QED) is 0.813. The minimum atomic E-state index is -0.465. The summed E-state index contributed by atoms with van der Waals surface area (Å²) in [6.07, 6.45) is 0. The Morgan fingerprint density at radius 2 is 1.85 bits per heavy atom. The van der Waals surface area contributed by atoms with E-state index in [9.17, 15) is 14.7 Å². The summed E-state index contributed by atoms with van der Waals surface area (Å²) in [5.41, 5.74) is 5.17. The lowest BCUT2D eigenvalue weighted by Gasteiger charge is -2.33. The molecule has 0 atom stereocenters. The number of rotatable bonds is 3. The van der Waals surface area contributed by atoms with Crippen LogP contribution in [0.4, 0.5) is 4.79 Å². The monoisotopic (exact) mass is 279 g/mol. The van der Waals surface area contributed by atoms with Gasteiger partial charge in [-0.2, -0.15) is 0 Å². The number of nitrogens with two attached hydrogens (primary N) is 1. The van der Waals surface area contributed by atoms with Gasteiger partial charge in [-0.05, 0) is 12.1 Å². The fourth-order valence-electron chi connectivity index (χ4n) is 1.99. The van der Waals surface area contributed by atoms with Gasteiger partial charge in [0.2, 0.25) is 0 Å². The second kappa shape index (κ2) is 6.14. The minimum Gasteiger partial charge on any atom is -0.508 e. The molecular formula is C13H17N3O4. The average molecular weight is 279 g/mol. The summed E-state index contributed by atoms with van der Waals surface area (Å²) in [4.78, 5) is 26.0. The standard InChI is InChI=1S/C13H17N3O4/c14-13(19)16-6-4-15(5-7-16)12(18)9-20-11-3-1-2-10(17)8-11/h1-3,8,17H,4-7,9H2,(H2,14,19). The maximum atomic E-state index is 11.9. The average Bonchev–Trinajstić information content (AvgIpc) is 2.45. The van der Waals surface area contributed by atoms with Crippen molar-refractivity contribution in [2.75, 3.05) is 32.8 Å². The molecule has 1 aliphatic heterocycles. The van der Waals surface area contributed by atoms with Crippen molar-refractivity contribution in [2.24, 2.45) is 5.73 Å². The Labute approximate surface area is 116 Å². The third kappa shape index (κ3) is 3.53. The van der Waals surface area contributed by atoms with E-state index in [1.165, 1.54) is 17.0 Å². The molecule has 1 heterocycles. The van der Waals surface area contributed by atoms with Crippen molar-refractivity contribution in [3.63, 3.8) is 0 Å². The van der Waals surface area contributed by atoms with E-state index in [1.807, 2.05) is 0 Å².